The number of likely N-dealkylation sites (tertiary alicyclic amines) is 1. The molecule has 0 unspecified atom stereocenters. The molecule has 9 heteroatoms. The van der Waals surface area contributed by atoms with Crippen LogP contribution in [0.4, 0.5) is 5.82 Å². The van der Waals surface area contributed by atoms with Crippen LogP contribution in [0.3, 0.4) is 0 Å². The normalized spacial score (nSPS) is 23.8. The van der Waals surface area contributed by atoms with Crippen molar-refractivity contribution < 1.29 is 9.84 Å². The van der Waals surface area contributed by atoms with Gasteiger partial charge in [0.1, 0.15) is 11.6 Å². The van der Waals surface area contributed by atoms with Crippen molar-refractivity contribution in [2.75, 3.05) is 44.3 Å². The third-order valence-corrected chi connectivity index (χ3v) is 7.68. The summed E-state index contributed by atoms with van der Waals surface area (Å²) in [6.45, 7) is 6.51. The molecule has 0 saturated carbocycles. The number of anilines is 1. The number of rotatable bonds is 5. The first-order valence-electron chi connectivity index (χ1n) is 11.8. The average molecular weight is 469 g/mol. The van der Waals surface area contributed by atoms with E-state index in [9.17, 15) is 5.11 Å². The lowest BCUT2D eigenvalue weighted by atomic mass is 9.89. The summed E-state index contributed by atoms with van der Waals surface area (Å²) in [6.07, 6.45) is 5.32. The van der Waals surface area contributed by atoms with Gasteiger partial charge in [0.05, 0.1) is 37.1 Å². The van der Waals surface area contributed by atoms with Crippen LogP contribution in [0.2, 0.25) is 5.02 Å². The van der Waals surface area contributed by atoms with E-state index in [2.05, 4.69) is 21.0 Å². The minimum atomic E-state index is 0.211. The SMILES string of the molecule is Cc1nc(N2C[C@@H]3C[C@H]2CO3)cc(-n2ncc3cc(Cl)c(C4CCN(CCO)CC4)cc32)n1. The van der Waals surface area contributed by atoms with Crippen molar-refractivity contribution in [3.63, 3.8) is 0 Å². The minimum absolute atomic E-state index is 0.211. The lowest BCUT2D eigenvalue weighted by Crippen LogP contribution is -2.37. The highest BCUT2D eigenvalue weighted by atomic mass is 35.5. The second-order valence-electron chi connectivity index (χ2n) is 9.46. The molecule has 3 fully saturated rings. The van der Waals surface area contributed by atoms with Crippen molar-refractivity contribution in [1.82, 2.24) is 24.6 Å². The zero-order chi connectivity index (χ0) is 22.5. The Kier molecular flexibility index (Phi) is 5.49. The van der Waals surface area contributed by atoms with Gasteiger partial charge >= 0.3 is 0 Å². The number of benzene rings is 1. The number of aliphatic hydroxyl groups excluding tert-OH is 1. The molecule has 2 bridgehead atoms. The molecule has 33 heavy (non-hydrogen) atoms. The number of hydrogen-bond acceptors (Lipinski definition) is 7. The number of ether oxygens (including phenoxy) is 1. The topological polar surface area (TPSA) is 79.5 Å². The first-order chi connectivity index (χ1) is 16.1. The predicted molar refractivity (Wildman–Crippen MR) is 127 cm³/mol. The molecule has 2 atom stereocenters. The summed E-state index contributed by atoms with van der Waals surface area (Å²) in [5.74, 6) is 2.87. The van der Waals surface area contributed by atoms with Gasteiger partial charge in [-0.05, 0) is 62.9 Å². The molecule has 174 valence electrons. The molecule has 1 N–H and O–H groups in total. The highest BCUT2D eigenvalue weighted by molar-refractivity contribution is 6.32. The average Bonchev–Trinajstić information content (AvgIpc) is 3.55. The monoisotopic (exact) mass is 468 g/mol. The van der Waals surface area contributed by atoms with Gasteiger partial charge in [0.15, 0.2) is 5.82 Å². The number of hydrogen-bond donors (Lipinski definition) is 1. The van der Waals surface area contributed by atoms with Gasteiger partial charge in [0.2, 0.25) is 0 Å². The van der Waals surface area contributed by atoms with E-state index in [1.54, 1.807) is 0 Å². The second-order valence-corrected chi connectivity index (χ2v) is 9.86. The van der Waals surface area contributed by atoms with Crippen LogP contribution in [0.5, 0.6) is 0 Å². The first kappa shape index (κ1) is 21.3. The number of fused-ring (bicyclic) bond motifs is 3. The molecular weight excluding hydrogens is 440 g/mol. The van der Waals surface area contributed by atoms with Crippen LogP contribution in [-0.2, 0) is 4.74 Å². The zero-order valence-corrected chi connectivity index (χ0v) is 19.6. The standard InChI is InChI=1S/C24H29ClN6O2/c1-15-27-23(30-13-19-9-18(30)14-33-19)11-24(28-15)31-22-10-20(21(25)8-17(22)12-26-31)16-2-4-29(5-3-16)6-7-32/h8,10-12,16,18-19,32H,2-7,9,13-14H2,1H3/t18-,19-/m0/s1. The Labute approximate surface area is 198 Å². The van der Waals surface area contributed by atoms with E-state index in [1.165, 1.54) is 5.56 Å². The molecule has 0 amide bonds. The van der Waals surface area contributed by atoms with Crippen LogP contribution in [0.1, 0.15) is 36.6 Å². The Morgan fingerprint density at radius 1 is 1.15 bits per heavy atom. The molecule has 5 heterocycles. The van der Waals surface area contributed by atoms with Gasteiger partial charge in [-0.25, -0.2) is 14.6 Å². The molecule has 0 spiro atoms. The summed E-state index contributed by atoms with van der Waals surface area (Å²) in [6, 6.07) is 6.66. The van der Waals surface area contributed by atoms with Crippen molar-refractivity contribution in [3.8, 4) is 5.82 Å². The number of nitrogens with zero attached hydrogens (tertiary/aromatic N) is 6. The van der Waals surface area contributed by atoms with Crippen LogP contribution in [0.15, 0.2) is 24.4 Å². The van der Waals surface area contributed by atoms with Crippen molar-refractivity contribution in [2.24, 2.45) is 0 Å². The quantitative estimate of drug-likeness (QED) is 0.616. The van der Waals surface area contributed by atoms with Crippen molar-refractivity contribution in [1.29, 1.82) is 0 Å². The Morgan fingerprint density at radius 2 is 1.97 bits per heavy atom. The lowest BCUT2D eigenvalue weighted by molar-refractivity contribution is 0.0988. The van der Waals surface area contributed by atoms with Gasteiger partial charge in [-0.1, -0.05) is 11.6 Å². The number of halogens is 1. The number of β-amino-alcohol motifs (C(OH)–C–C–N with tert-alkyl or cyclic N) is 1. The third kappa shape index (κ3) is 3.89. The van der Waals surface area contributed by atoms with Crippen LogP contribution in [0, 0.1) is 6.92 Å². The van der Waals surface area contributed by atoms with Crippen molar-refractivity contribution in [3.05, 3.63) is 40.8 Å². The molecule has 3 aliphatic rings. The number of morpholine rings is 1. The fraction of sp³-hybridized carbons (Fsp3) is 0.542. The molecule has 2 aromatic heterocycles. The lowest BCUT2D eigenvalue weighted by Gasteiger charge is -2.32. The van der Waals surface area contributed by atoms with E-state index in [1.807, 2.05) is 29.9 Å². The van der Waals surface area contributed by atoms with Crippen molar-refractivity contribution in [2.45, 2.75) is 44.2 Å². The maximum atomic E-state index is 9.23. The van der Waals surface area contributed by atoms with Gasteiger partial charge in [-0.2, -0.15) is 5.10 Å². The molecule has 3 saturated heterocycles. The Morgan fingerprint density at radius 3 is 2.70 bits per heavy atom. The molecule has 3 aromatic rings. The highest BCUT2D eigenvalue weighted by Crippen LogP contribution is 2.36. The van der Waals surface area contributed by atoms with Gasteiger partial charge in [-0.3, -0.25) is 0 Å². The summed E-state index contributed by atoms with van der Waals surface area (Å²) in [5.41, 5.74) is 2.19. The van der Waals surface area contributed by atoms with E-state index in [-0.39, 0.29) is 6.61 Å². The van der Waals surface area contributed by atoms with Crippen LogP contribution in [-0.4, -0.2) is 81.3 Å². The van der Waals surface area contributed by atoms with E-state index in [4.69, 9.17) is 26.3 Å². The first-order valence-corrected chi connectivity index (χ1v) is 12.2. The molecular formula is C24H29ClN6O2. The van der Waals surface area contributed by atoms with Crippen LogP contribution < -0.4 is 4.90 Å². The summed E-state index contributed by atoms with van der Waals surface area (Å²) in [4.78, 5) is 14.1. The van der Waals surface area contributed by atoms with Crippen LogP contribution in [0.25, 0.3) is 16.7 Å². The van der Waals surface area contributed by atoms with Gasteiger partial charge in [0.25, 0.3) is 0 Å². The third-order valence-electron chi connectivity index (χ3n) is 7.35. The molecule has 6 rings (SSSR count). The van der Waals surface area contributed by atoms with E-state index in [0.29, 0.717) is 18.1 Å². The zero-order valence-electron chi connectivity index (χ0n) is 18.8. The molecule has 8 nitrogen and oxygen atoms in total. The largest absolute Gasteiger partial charge is 0.395 e. The summed E-state index contributed by atoms with van der Waals surface area (Å²) < 4.78 is 7.68. The van der Waals surface area contributed by atoms with Gasteiger partial charge in [-0.15, -0.1) is 0 Å². The minimum Gasteiger partial charge on any atom is -0.395 e. The fourth-order valence-electron chi connectivity index (χ4n) is 5.64. The molecule has 1 aromatic carbocycles. The van der Waals surface area contributed by atoms with Crippen molar-refractivity contribution >= 4 is 28.3 Å². The summed E-state index contributed by atoms with van der Waals surface area (Å²) >= 11 is 6.73. The number of aryl methyl sites for hydroxylation is 1. The van der Waals surface area contributed by atoms with Gasteiger partial charge in [0, 0.05) is 29.6 Å². The van der Waals surface area contributed by atoms with Gasteiger partial charge < -0.3 is 19.6 Å². The van der Waals surface area contributed by atoms with E-state index >= 15 is 0 Å². The Balaban J connectivity index is 1.34. The summed E-state index contributed by atoms with van der Waals surface area (Å²) in [7, 11) is 0. The maximum absolute atomic E-state index is 9.23. The highest BCUT2D eigenvalue weighted by Gasteiger charge is 2.39. The Bertz CT molecular complexity index is 1180. The Hall–Kier alpha value is -2.26. The predicted octanol–water partition coefficient (Wildman–Crippen LogP) is 2.93. The van der Waals surface area contributed by atoms with E-state index in [0.717, 1.165) is 85.4 Å². The van der Waals surface area contributed by atoms with Crippen LogP contribution >= 0.6 is 11.6 Å². The number of aromatic nitrogens is 4. The number of piperidine rings is 1. The number of aliphatic hydroxyl groups is 1. The molecule has 3 aliphatic heterocycles. The second kappa shape index (κ2) is 8.51. The maximum Gasteiger partial charge on any atom is 0.159 e. The van der Waals surface area contributed by atoms with E-state index < -0.39 is 0 Å². The smallest absolute Gasteiger partial charge is 0.159 e. The molecule has 0 aliphatic carbocycles. The summed E-state index contributed by atoms with van der Waals surface area (Å²) in [5, 5.41) is 15.7. The fourth-order valence-corrected chi connectivity index (χ4v) is 5.97. The molecule has 0 radical (unpaired) electrons.